The molecule has 0 bridgehead atoms. The van der Waals surface area contributed by atoms with E-state index < -0.39 is 0 Å². The Hall–Kier alpha value is -1.02. The predicted molar refractivity (Wildman–Crippen MR) is 67.9 cm³/mol. The average Bonchev–Trinajstić information content (AvgIpc) is 3.07. The predicted octanol–water partition coefficient (Wildman–Crippen LogP) is 3.41. The van der Waals surface area contributed by atoms with Crippen molar-refractivity contribution < 1.29 is 4.79 Å². The van der Waals surface area contributed by atoms with Crippen molar-refractivity contribution in [3.05, 3.63) is 34.9 Å². The van der Waals surface area contributed by atoms with E-state index in [2.05, 4.69) is 0 Å². The number of carbonyl (C=O) groups is 1. The quantitative estimate of drug-likeness (QED) is 0.787. The maximum atomic E-state index is 12.2. The maximum absolute atomic E-state index is 12.2. The Labute approximate surface area is 107 Å². The number of hydrogen-bond donors (Lipinski definition) is 0. The SMILES string of the molecule is O=C(C1CC1)N1CCCC1c1ccccc1Cl. The minimum absolute atomic E-state index is 0.205. The van der Waals surface area contributed by atoms with E-state index in [1.54, 1.807) is 0 Å². The summed E-state index contributed by atoms with van der Waals surface area (Å²) >= 11 is 6.23. The Morgan fingerprint density at radius 1 is 1.24 bits per heavy atom. The molecule has 1 unspecified atom stereocenters. The van der Waals surface area contributed by atoms with Crippen molar-refractivity contribution in [1.29, 1.82) is 0 Å². The topological polar surface area (TPSA) is 20.3 Å². The fourth-order valence-electron chi connectivity index (χ4n) is 2.66. The smallest absolute Gasteiger partial charge is 0.226 e. The number of rotatable bonds is 2. The first-order valence-corrected chi connectivity index (χ1v) is 6.70. The van der Waals surface area contributed by atoms with E-state index >= 15 is 0 Å². The molecule has 0 radical (unpaired) electrons. The summed E-state index contributed by atoms with van der Waals surface area (Å²) in [6, 6.07) is 8.10. The summed E-state index contributed by atoms with van der Waals surface area (Å²) in [6.45, 7) is 0.894. The van der Waals surface area contributed by atoms with Gasteiger partial charge in [0, 0.05) is 17.5 Å². The zero-order valence-electron chi connectivity index (χ0n) is 9.73. The molecule has 1 saturated heterocycles. The van der Waals surface area contributed by atoms with Crippen LogP contribution >= 0.6 is 11.6 Å². The summed E-state index contributed by atoms with van der Waals surface area (Å²) in [5.74, 6) is 0.644. The van der Waals surface area contributed by atoms with Crippen LogP contribution in [0.15, 0.2) is 24.3 Å². The van der Waals surface area contributed by atoms with E-state index in [0.29, 0.717) is 11.8 Å². The molecule has 0 N–H and O–H groups in total. The molecule has 1 aliphatic carbocycles. The Bertz CT molecular complexity index is 442. The molecular formula is C14H16ClNO. The molecule has 1 saturated carbocycles. The van der Waals surface area contributed by atoms with Gasteiger partial charge in [0.25, 0.3) is 0 Å². The standard InChI is InChI=1S/C14H16ClNO/c15-12-5-2-1-4-11(12)13-6-3-9-16(13)14(17)10-7-8-10/h1-2,4-5,10,13H,3,6-9H2. The van der Waals surface area contributed by atoms with Gasteiger partial charge in [0.2, 0.25) is 5.91 Å². The van der Waals surface area contributed by atoms with Crippen LogP contribution in [0.5, 0.6) is 0 Å². The van der Waals surface area contributed by atoms with Crippen molar-refractivity contribution in [3.63, 3.8) is 0 Å². The van der Waals surface area contributed by atoms with Gasteiger partial charge < -0.3 is 4.90 Å². The number of likely N-dealkylation sites (tertiary alicyclic amines) is 1. The van der Waals surface area contributed by atoms with Crippen LogP contribution < -0.4 is 0 Å². The largest absolute Gasteiger partial charge is 0.335 e. The molecule has 2 fully saturated rings. The minimum atomic E-state index is 0.205. The molecule has 1 aromatic carbocycles. The summed E-state index contributed by atoms with van der Waals surface area (Å²) in [6.07, 6.45) is 4.28. The molecule has 1 aliphatic heterocycles. The van der Waals surface area contributed by atoms with Gasteiger partial charge in [-0.2, -0.15) is 0 Å². The van der Waals surface area contributed by atoms with Gasteiger partial charge in [-0.1, -0.05) is 29.8 Å². The fraction of sp³-hybridized carbons (Fsp3) is 0.500. The Morgan fingerprint density at radius 3 is 2.71 bits per heavy atom. The molecule has 1 amide bonds. The lowest BCUT2D eigenvalue weighted by atomic mass is 10.0. The van der Waals surface area contributed by atoms with Gasteiger partial charge in [0.05, 0.1) is 6.04 Å². The van der Waals surface area contributed by atoms with Gasteiger partial charge in [-0.15, -0.1) is 0 Å². The highest BCUT2D eigenvalue weighted by molar-refractivity contribution is 6.31. The second-order valence-corrected chi connectivity index (χ2v) is 5.39. The zero-order chi connectivity index (χ0) is 11.8. The second-order valence-electron chi connectivity index (χ2n) is 4.99. The molecule has 1 aromatic rings. The maximum Gasteiger partial charge on any atom is 0.226 e. The van der Waals surface area contributed by atoms with Crippen LogP contribution in [0.1, 0.15) is 37.3 Å². The highest BCUT2D eigenvalue weighted by atomic mass is 35.5. The molecule has 3 rings (SSSR count). The summed E-state index contributed by atoms with van der Waals surface area (Å²) in [5.41, 5.74) is 1.11. The summed E-state index contributed by atoms with van der Waals surface area (Å²) in [4.78, 5) is 14.2. The summed E-state index contributed by atoms with van der Waals surface area (Å²) in [5, 5.41) is 0.785. The van der Waals surface area contributed by atoms with Crippen LogP contribution in [-0.2, 0) is 4.79 Å². The van der Waals surface area contributed by atoms with Crippen molar-refractivity contribution in [2.24, 2.45) is 5.92 Å². The first-order chi connectivity index (χ1) is 8.27. The normalized spacial score (nSPS) is 24.1. The van der Waals surface area contributed by atoms with E-state index in [1.807, 2.05) is 29.2 Å². The molecule has 17 heavy (non-hydrogen) atoms. The summed E-state index contributed by atoms with van der Waals surface area (Å²) < 4.78 is 0. The highest BCUT2D eigenvalue weighted by Gasteiger charge is 2.39. The van der Waals surface area contributed by atoms with Gasteiger partial charge in [-0.3, -0.25) is 4.79 Å². The van der Waals surface area contributed by atoms with Gasteiger partial charge in [-0.05, 0) is 37.3 Å². The van der Waals surface area contributed by atoms with E-state index in [0.717, 1.165) is 42.8 Å². The van der Waals surface area contributed by atoms with Crippen molar-refractivity contribution in [2.75, 3.05) is 6.54 Å². The molecule has 2 aliphatic rings. The van der Waals surface area contributed by atoms with Crippen LogP contribution in [0.2, 0.25) is 5.02 Å². The third kappa shape index (κ3) is 2.06. The van der Waals surface area contributed by atoms with Crippen LogP contribution in [-0.4, -0.2) is 17.4 Å². The Balaban J connectivity index is 1.86. The number of hydrogen-bond acceptors (Lipinski definition) is 1. The molecule has 1 atom stereocenters. The van der Waals surface area contributed by atoms with E-state index in [-0.39, 0.29) is 6.04 Å². The van der Waals surface area contributed by atoms with Crippen molar-refractivity contribution in [2.45, 2.75) is 31.7 Å². The van der Waals surface area contributed by atoms with Crippen LogP contribution in [0.3, 0.4) is 0 Å². The number of carbonyl (C=O) groups excluding carboxylic acids is 1. The van der Waals surface area contributed by atoms with Crippen LogP contribution in [0.25, 0.3) is 0 Å². The lowest BCUT2D eigenvalue weighted by Gasteiger charge is -2.25. The van der Waals surface area contributed by atoms with Gasteiger partial charge in [-0.25, -0.2) is 0 Å². The van der Waals surface area contributed by atoms with Crippen molar-refractivity contribution in [1.82, 2.24) is 4.90 Å². The Morgan fingerprint density at radius 2 is 2.00 bits per heavy atom. The zero-order valence-corrected chi connectivity index (χ0v) is 10.5. The molecule has 0 spiro atoms. The van der Waals surface area contributed by atoms with Gasteiger partial charge >= 0.3 is 0 Å². The van der Waals surface area contributed by atoms with E-state index in [9.17, 15) is 4.79 Å². The summed E-state index contributed by atoms with van der Waals surface area (Å²) in [7, 11) is 0. The van der Waals surface area contributed by atoms with Crippen molar-refractivity contribution >= 4 is 17.5 Å². The second kappa shape index (κ2) is 4.34. The molecule has 0 aromatic heterocycles. The first-order valence-electron chi connectivity index (χ1n) is 6.32. The molecule has 1 heterocycles. The number of nitrogens with zero attached hydrogens (tertiary/aromatic N) is 1. The Kier molecular flexibility index (Phi) is 2.83. The van der Waals surface area contributed by atoms with Crippen molar-refractivity contribution in [3.8, 4) is 0 Å². The molecule has 3 heteroatoms. The van der Waals surface area contributed by atoms with E-state index in [4.69, 9.17) is 11.6 Å². The molecular weight excluding hydrogens is 234 g/mol. The fourth-order valence-corrected chi connectivity index (χ4v) is 2.93. The number of benzene rings is 1. The third-order valence-corrected chi connectivity index (χ3v) is 4.07. The van der Waals surface area contributed by atoms with Gasteiger partial charge in [0.15, 0.2) is 0 Å². The van der Waals surface area contributed by atoms with Crippen LogP contribution in [0, 0.1) is 5.92 Å². The number of halogens is 1. The average molecular weight is 250 g/mol. The number of amides is 1. The van der Waals surface area contributed by atoms with Gasteiger partial charge in [0.1, 0.15) is 0 Å². The first kappa shape index (κ1) is 11.1. The minimum Gasteiger partial charge on any atom is -0.335 e. The van der Waals surface area contributed by atoms with E-state index in [1.165, 1.54) is 0 Å². The van der Waals surface area contributed by atoms with Crippen LogP contribution in [0.4, 0.5) is 0 Å². The molecule has 2 nitrogen and oxygen atoms in total. The molecule has 90 valence electrons. The lowest BCUT2D eigenvalue weighted by Crippen LogP contribution is -2.31. The third-order valence-electron chi connectivity index (χ3n) is 3.73. The lowest BCUT2D eigenvalue weighted by molar-refractivity contribution is -0.133. The highest BCUT2D eigenvalue weighted by Crippen LogP contribution is 2.40. The monoisotopic (exact) mass is 249 g/mol.